The van der Waals surface area contributed by atoms with Gasteiger partial charge in [-0.1, -0.05) is 49.8 Å². The molecule has 0 atom stereocenters. The molecule has 1 aromatic rings. The third kappa shape index (κ3) is 5.52. The van der Waals surface area contributed by atoms with Crippen molar-refractivity contribution in [1.82, 2.24) is 9.97 Å². The van der Waals surface area contributed by atoms with E-state index in [1.165, 1.54) is 0 Å². The highest BCUT2D eigenvalue weighted by Crippen LogP contribution is 2.40. The Bertz CT molecular complexity index is 811. The Labute approximate surface area is 149 Å². The molecular weight excluding hydrogens is 312 g/mol. The van der Waals surface area contributed by atoms with Crippen LogP contribution in [-0.2, 0) is 0 Å². The molecule has 0 fully saturated rings. The predicted molar refractivity (Wildman–Crippen MR) is 104 cm³/mol. The molecule has 1 aliphatic carbocycles. The van der Waals surface area contributed by atoms with E-state index in [-0.39, 0.29) is 11.1 Å². The van der Waals surface area contributed by atoms with Gasteiger partial charge in [-0.25, -0.2) is 4.79 Å². The lowest BCUT2D eigenvalue weighted by Gasteiger charge is -2.31. The van der Waals surface area contributed by atoms with E-state index in [2.05, 4.69) is 23.8 Å². The molecule has 0 radical (unpaired) electrons. The zero-order chi connectivity index (χ0) is 18.4. The fourth-order valence-electron chi connectivity index (χ4n) is 3.02. The summed E-state index contributed by atoms with van der Waals surface area (Å²) in [5.74, 6) is 0.523. The molecule has 0 aliphatic heterocycles. The van der Waals surface area contributed by atoms with Gasteiger partial charge in [0.2, 0.25) is 0 Å². The van der Waals surface area contributed by atoms with Gasteiger partial charge >= 0.3 is 5.69 Å². The first-order chi connectivity index (χ1) is 11.8. The van der Waals surface area contributed by atoms with Crippen LogP contribution in [0.3, 0.4) is 0 Å². The van der Waals surface area contributed by atoms with Crippen molar-refractivity contribution in [2.75, 3.05) is 0 Å². The van der Waals surface area contributed by atoms with Gasteiger partial charge < -0.3 is 15.1 Å². The van der Waals surface area contributed by atoms with Crippen LogP contribution in [0.15, 0.2) is 63.8 Å². The minimum absolute atomic E-state index is 0.0295. The molecule has 1 heterocycles. The van der Waals surface area contributed by atoms with E-state index < -0.39 is 0 Å². The van der Waals surface area contributed by atoms with Gasteiger partial charge in [0.15, 0.2) is 0 Å². The number of aliphatic hydroxyl groups is 1. The summed E-state index contributed by atoms with van der Waals surface area (Å²) in [4.78, 5) is 16.3. The topological polar surface area (TPSA) is 68.9 Å². The molecule has 25 heavy (non-hydrogen) atoms. The zero-order valence-electron chi connectivity index (χ0n) is 15.5. The molecule has 3 N–H and O–H groups in total. The minimum atomic E-state index is -0.202. The highest BCUT2D eigenvalue weighted by Gasteiger charge is 2.28. The first-order valence-corrected chi connectivity index (χ1v) is 8.69. The van der Waals surface area contributed by atoms with Crippen LogP contribution in [0.4, 0.5) is 0 Å². The maximum atomic E-state index is 11.0. The molecule has 0 spiro atoms. The summed E-state index contributed by atoms with van der Waals surface area (Å²) in [6.07, 6.45) is 16.6. The number of hydrogen-bond donors (Lipinski definition) is 3. The number of rotatable bonds is 5. The van der Waals surface area contributed by atoms with Crippen molar-refractivity contribution < 1.29 is 5.11 Å². The second-order valence-electron chi connectivity index (χ2n) is 7.29. The van der Waals surface area contributed by atoms with Crippen molar-refractivity contribution in [2.24, 2.45) is 5.41 Å². The van der Waals surface area contributed by atoms with E-state index >= 15 is 0 Å². The summed E-state index contributed by atoms with van der Waals surface area (Å²) in [6, 6.07) is 0. The molecule has 0 amide bonds. The molecule has 1 aliphatic rings. The van der Waals surface area contributed by atoms with Crippen molar-refractivity contribution in [3.05, 3.63) is 75.2 Å². The van der Waals surface area contributed by atoms with Crippen molar-refractivity contribution in [2.45, 2.75) is 47.0 Å². The maximum Gasteiger partial charge on any atom is 0.323 e. The van der Waals surface area contributed by atoms with Gasteiger partial charge in [-0.05, 0) is 49.3 Å². The third-order valence-electron chi connectivity index (χ3n) is 4.49. The Morgan fingerprint density at radius 3 is 2.64 bits per heavy atom. The standard InChI is InChI=1S/C21H28N2O2/c1-15(10-11-18-19(24)9-6-12-21(18,3)4)7-5-8-16(2)13-17-14-22-20(25)23-17/h5,7-8,10-11,13-14,24H,6,9,12H2,1-4H3,(H2,22,23,25)/b8-5+,11-10+,15-7+,16-13+. The smallest absolute Gasteiger partial charge is 0.323 e. The number of hydrogen-bond acceptors (Lipinski definition) is 2. The van der Waals surface area contributed by atoms with Crippen LogP contribution in [0.5, 0.6) is 0 Å². The molecule has 4 nitrogen and oxygen atoms in total. The van der Waals surface area contributed by atoms with E-state index in [1.54, 1.807) is 6.20 Å². The Balaban J connectivity index is 2.04. The van der Waals surface area contributed by atoms with E-state index in [9.17, 15) is 9.90 Å². The van der Waals surface area contributed by atoms with Gasteiger partial charge in [-0.3, -0.25) is 0 Å². The van der Waals surface area contributed by atoms with Gasteiger partial charge in [0.05, 0.1) is 11.5 Å². The Morgan fingerprint density at radius 1 is 1.24 bits per heavy atom. The normalized spacial score (nSPS) is 19.4. The maximum absolute atomic E-state index is 11.0. The lowest BCUT2D eigenvalue weighted by molar-refractivity contribution is 0.292. The fourth-order valence-corrected chi connectivity index (χ4v) is 3.02. The Hall–Kier alpha value is -2.49. The van der Waals surface area contributed by atoms with Crippen LogP contribution < -0.4 is 5.69 Å². The van der Waals surface area contributed by atoms with Crippen LogP contribution in [0.2, 0.25) is 0 Å². The highest BCUT2D eigenvalue weighted by atomic mass is 16.3. The van der Waals surface area contributed by atoms with Crippen molar-refractivity contribution in [3.8, 4) is 0 Å². The van der Waals surface area contributed by atoms with Crippen molar-refractivity contribution in [3.63, 3.8) is 0 Å². The van der Waals surface area contributed by atoms with Crippen LogP contribution >= 0.6 is 0 Å². The molecular formula is C21H28N2O2. The highest BCUT2D eigenvalue weighted by molar-refractivity contribution is 5.51. The lowest BCUT2D eigenvalue weighted by Crippen LogP contribution is -2.19. The summed E-state index contributed by atoms with van der Waals surface area (Å²) < 4.78 is 0. The average molecular weight is 340 g/mol. The van der Waals surface area contributed by atoms with Crippen LogP contribution in [0.1, 0.15) is 52.7 Å². The first kappa shape index (κ1) is 18.8. The minimum Gasteiger partial charge on any atom is -0.512 e. The van der Waals surface area contributed by atoms with Gasteiger partial charge in [-0.15, -0.1) is 0 Å². The second-order valence-corrected chi connectivity index (χ2v) is 7.29. The van der Waals surface area contributed by atoms with E-state index in [0.717, 1.165) is 41.7 Å². The zero-order valence-corrected chi connectivity index (χ0v) is 15.5. The number of allylic oxidation sites excluding steroid dienone is 9. The summed E-state index contributed by atoms with van der Waals surface area (Å²) in [7, 11) is 0. The predicted octanol–water partition coefficient (Wildman–Crippen LogP) is 5.19. The lowest BCUT2D eigenvalue weighted by atomic mass is 9.74. The Morgan fingerprint density at radius 2 is 2.00 bits per heavy atom. The molecule has 0 saturated carbocycles. The Kier molecular flexibility index (Phi) is 6.07. The molecule has 0 unspecified atom stereocenters. The van der Waals surface area contributed by atoms with Crippen molar-refractivity contribution in [1.29, 1.82) is 0 Å². The number of H-pyrrole nitrogens is 2. The van der Waals surface area contributed by atoms with Crippen molar-refractivity contribution >= 4 is 6.08 Å². The largest absolute Gasteiger partial charge is 0.512 e. The second kappa shape index (κ2) is 8.06. The van der Waals surface area contributed by atoms with Gasteiger partial charge in [0, 0.05) is 12.6 Å². The SMILES string of the molecule is CC(/C=C/C1=C(O)CCCC1(C)C)=C\C=C\C(C)=C\c1c[nH]c(=O)[nH]1. The molecule has 1 aromatic heterocycles. The van der Waals surface area contributed by atoms with Gasteiger partial charge in [0.1, 0.15) is 0 Å². The van der Waals surface area contributed by atoms with E-state index in [1.807, 2.05) is 50.3 Å². The summed E-state index contributed by atoms with van der Waals surface area (Å²) >= 11 is 0. The van der Waals surface area contributed by atoms with E-state index in [0.29, 0.717) is 5.76 Å². The van der Waals surface area contributed by atoms with Crippen LogP contribution in [0.25, 0.3) is 6.08 Å². The number of aromatic nitrogens is 2. The number of nitrogens with one attached hydrogen (secondary N) is 2. The molecule has 134 valence electrons. The number of aromatic amines is 2. The average Bonchev–Trinajstić information content (AvgIpc) is 2.91. The fraction of sp³-hybridized carbons (Fsp3) is 0.381. The number of imidazole rings is 1. The summed E-state index contributed by atoms with van der Waals surface area (Å²) in [5, 5.41) is 10.2. The van der Waals surface area contributed by atoms with Gasteiger partial charge in [-0.2, -0.15) is 0 Å². The quantitative estimate of drug-likeness (QED) is 0.646. The third-order valence-corrected chi connectivity index (χ3v) is 4.49. The molecule has 4 heteroatoms. The molecule has 2 rings (SSSR count). The van der Waals surface area contributed by atoms with Gasteiger partial charge in [0.25, 0.3) is 0 Å². The molecule has 0 aromatic carbocycles. The first-order valence-electron chi connectivity index (χ1n) is 8.69. The summed E-state index contributed by atoms with van der Waals surface area (Å²) in [6.45, 7) is 8.38. The monoisotopic (exact) mass is 340 g/mol. The van der Waals surface area contributed by atoms with Crippen LogP contribution in [0, 0.1) is 5.41 Å². The van der Waals surface area contributed by atoms with E-state index in [4.69, 9.17) is 0 Å². The number of aliphatic hydroxyl groups excluding tert-OH is 1. The van der Waals surface area contributed by atoms with Crippen LogP contribution in [-0.4, -0.2) is 15.1 Å². The molecule has 0 saturated heterocycles. The summed E-state index contributed by atoms with van der Waals surface area (Å²) in [5.41, 5.74) is 3.78. The molecule has 0 bridgehead atoms.